The first kappa shape index (κ1) is 22.2. The quantitative estimate of drug-likeness (QED) is 0.620. The molecule has 0 radical (unpaired) electrons. The summed E-state index contributed by atoms with van der Waals surface area (Å²) in [6.45, 7) is 4.00. The number of nitrogens with one attached hydrogen (secondary N) is 1. The molecule has 0 atom stereocenters. The third-order valence-electron chi connectivity index (χ3n) is 3.67. The molecule has 0 aliphatic carbocycles. The number of benzene rings is 2. The zero-order chi connectivity index (χ0) is 21.4. The van der Waals surface area contributed by atoms with Crippen LogP contribution in [0.2, 0.25) is 0 Å². The number of esters is 1. The minimum Gasteiger partial charge on any atom is -0.490 e. The standard InChI is InChI=1S/C20H23NO7S/c1-4-26-16-11-10-14(12-17(16)27-5-2)21-19(22)13-28-20(23)15-8-6-7-9-18(15)29(3,24)25/h6-12H,4-5,13H2,1-3H3,(H,21,22). The second-order valence-corrected chi connectivity index (χ2v) is 7.90. The minimum atomic E-state index is -3.61. The van der Waals surface area contributed by atoms with Gasteiger partial charge in [0.15, 0.2) is 27.9 Å². The van der Waals surface area contributed by atoms with Crippen LogP contribution in [0.5, 0.6) is 11.5 Å². The largest absolute Gasteiger partial charge is 0.490 e. The second-order valence-electron chi connectivity index (χ2n) is 5.92. The number of hydrogen-bond acceptors (Lipinski definition) is 7. The highest BCUT2D eigenvalue weighted by atomic mass is 32.2. The van der Waals surface area contributed by atoms with Gasteiger partial charge in [-0.1, -0.05) is 12.1 Å². The number of hydrogen-bond donors (Lipinski definition) is 1. The first-order valence-corrected chi connectivity index (χ1v) is 10.8. The molecular weight excluding hydrogens is 398 g/mol. The van der Waals surface area contributed by atoms with Gasteiger partial charge in [-0.05, 0) is 38.1 Å². The molecule has 156 valence electrons. The van der Waals surface area contributed by atoms with E-state index in [2.05, 4.69) is 5.32 Å². The Morgan fingerprint density at radius 3 is 2.28 bits per heavy atom. The van der Waals surface area contributed by atoms with Crippen LogP contribution in [0.4, 0.5) is 5.69 Å². The molecule has 0 heterocycles. The molecule has 0 bridgehead atoms. The van der Waals surface area contributed by atoms with E-state index in [0.29, 0.717) is 30.4 Å². The fourth-order valence-corrected chi connectivity index (χ4v) is 3.37. The Labute approximate surface area is 169 Å². The van der Waals surface area contributed by atoms with Crippen molar-refractivity contribution < 1.29 is 32.2 Å². The summed E-state index contributed by atoms with van der Waals surface area (Å²) in [6, 6.07) is 10.6. The van der Waals surface area contributed by atoms with E-state index in [-0.39, 0.29) is 10.5 Å². The van der Waals surface area contributed by atoms with Crippen LogP contribution in [0.25, 0.3) is 0 Å². The zero-order valence-electron chi connectivity index (χ0n) is 16.4. The summed E-state index contributed by atoms with van der Waals surface area (Å²) in [5.41, 5.74) is 0.317. The van der Waals surface area contributed by atoms with Crippen molar-refractivity contribution in [2.45, 2.75) is 18.7 Å². The molecular formula is C20H23NO7S. The number of carbonyl (C=O) groups excluding carboxylic acids is 2. The normalized spacial score (nSPS) is 10.9. The van der Waals surface area contributed by atoms with E-state index in [9.17, 15) is 18.0 Å². The molecule has 0 saturated heterocycles. The summed E-state index contributed by atoms with van der Waals surface area (Å²) in [7, 11) is -3.61. The molecule has 0 aromatic heterocycles. The molecule has 0 unspecified atom stereocenters. The van der Waals surface area contributed by atoms with E-state index in [0.717, 1.165) is 6.26 Å². The Morgan fingerprint density at radius 1 is 0.966 bits per heavy atom. The Hall–Kier alpha value is -3.07. The van der Waals surface area contributed by atoms with Gasteiger partial charge in [0, 0.05) is 18.0 Å². The van der Waals surface area contributed by atoms with E-state index >= 15 is 0 Å². The molecule has 29 heavy (non-hydrogen) atoms. The topological polar surface area (TPSA) is 108 Å². The van der Waals surface area contributed by atoms with Crippen molar-refractivity contribution in [3.63, 3.8) is 0 Å². The predicted octanol–water partition coefficient (Wildman–Crippen LogP) is 2.68. The molecule has 1 N–H and O–H groups in total. The van der Waals surface area contributed by atoms with Gasteiger partial charge in [-0.25, -0.2) is 13.2 Å². The summed E-state index contributed by atoms with van der Waals surface area (Å²) in [4.78, 5) is 24.2. The zero-order valence-corrected chi connectivity index (χ0v) is 17.2. The van der Waals surface area contributed by atoms with Crippen LogP contribution in [0.3, 0.4) is 0 Å². The summed E-state index contributed by atoms with van der Waals surface area (Å²) in [5.74, 6) is -0.452. The lowest BCUT2D eigenvalue weighted by Gasteiger charge is -2.13. The van der Waals surface area contributed by atoms with Gasteiger partial charge in [0.1, 0.15) is 0 Å². The molecule has 0 aliphatic rings. The highest BCUT2D eigenvalue weighted by molar-refractivity contribution is 7.90. The number of amides is 1. The van der Waals surface area contributed by atoms with Gasteiger partial charge >= 0.3 is 5.97 Å². The van der Waals surface area contributed by atoms with Crippen LogP contribution in [0.1, 0.15) is 24.2 Å². The van der Waals surface area contributed by atoms with Gasteiger partial charge in [0.05, 0.1) is 23.7 Å². The third-order valence-corrected chi connectivity index (χ3v) is 4.82. The Morgan fingerprint density at radius 2 is 1.62 bits per heavy atom. The molecule has 0 aliphatic heterocycles. The molecule has 2 rings (SSSR count). The van der Waals surface area contributed by atoms with Crippen molar-refractivity contribution in [1.29, 1.82) is 0 Å². The lowest BCUT2D eigenvalue weighted by atomic mass is 10.2. The first-order chi connectivity index (χ1) is 13.8. The fourth-order valence-electron chi connectivity index (χ4n) is 2.49. The van der Waals surface area contributed by atoms with Gasteiger partial charge in [0.2, 0.25) is 0 Å². The Kier molecular flexibility index (Phi) is 7.60. The van der Waals surface area contributed by atoms with Crippen LogP contribution in [0.15, 0.2) is 47.4 Å². The van der Waals surface area contributed by atoms with Gasteiger partial charge in [-0.15, -0.1) is 0 Å². The highest BCUT2D eigenvalue weighted by Gasteiger charge is 2.20. The summed E-state index contributed by atoms with van der Waals surface area (Å²) in [5, 5.41) is 2.59. The summed E-state index contributed by atoms with van der Waals surface area (Å²) in [6.07, 6.45) is 0.994. The predicted molar refractivity (Wildman–Crippen MR) is 107 cm³/mol. The molecule has 2 aromatic carbocycles. The summed E-state index contributed by atoms with van der Waals surface area (Å²) < 4.78 is 39.5. The Bertz CT molecular complexity index is 986. The van der Waals surface area contributed by atoms with Gasteiger partial charge in [0.25, 0.3) is 5.91 Å². The number of sulfone groups is 1. The maximum absolute atomic E-state index is 12.2. The van der Waals surface area contributed by atoms with Crippen molar-refractivity contribution in [1.82, 2.24) is 0 Å². The average Bonchev–Trinajstić information content (AvgIpc) is 2.68. The highest BCUT2D eigenvalue weighted by Crippen LogP contribution is 2.30. The van der Waals surface area contributed by atoms with Crippen LogP contribution in [-0.2, 0) is 19.4 Å². The number of carbonyl (C=O) groups is 2. The first-order valence-electron chi connectivity index (χ1n) is 8.92. The number of anilines is 1. The average molecular weight is 421 g/mol. The fraction of sp³-hybridized carbons (Fsp3) is 0.300. The van der Waals surface area contributed by atoms with E-state index in [1.807, 2.05) is 13.8 Å². The molecule has 0 saturated carbocycles. The van der Waals surface area contributed by atoms with Crippen molar-refractivity contribution in [2.24, 2.45) is 0 Å². The van der Waals surface area contributed by atoms with E-state index in [1.165, 1.54) is 24.3 Å². The van der Waals surface area contributed by atoms with E-state index < -0.39 is 28.3 Å². The lowest BCUT2D eigenvalue weighted by Crippen LogP contribution is -2.21. The van der Waals surface area contributed by atoms with Gasteiger partial charge < -0.3 is 19.5 Å². The van der Waals surface area contributed by atoms with Gasteiger partial charge in [-0.2, -0.15) is 0 Å². The maximum Gasteiger partial charge on any atom is 0.339 e. The molecule has 9 heteroatoms. The van der Waals surface area contributed by atoms with Gasteiger partial charge in [-0.3, -0.25) is 4.79 Å². The van der Waals surface area contributed by atoms with Crippen LogP contribution in [0, 0.1) is 0 Å². The second kappa shape index (κ2) is 9.92. The third kappa shape index (κ3) is 6.21. The summed E-state index contributed by atoms with van der Waals surface area (Å²) >= 11 is 0. The molecule has 1 amide bonds. The van der Waals surface area contributed by atoms with Crippen molar-refractivity contribution >= 4 is 27.4 Å². The molecule has 0 spiro atoms. The molecule has 0 fully saturated rings. The van der Waals surface area contributed by atoms with Crippen LogP contribution < -0.4 is 14.8 Å². The van der Waals surface area contributed by atoms with E-state index in [4.69, 9.17) is 14.2 Å². The SMILES string of the molecule is CCOc1ccc(NC(=O)COC(=O)c2ccccc2S(C)(=O)=O)cc1OCC. The maximum atomic E-state index is 12.2. The number of ether oxygens (including phenoxy) is 3. The van der Waals surface area contributed by atoms with Crippen molar-refractivity contribution in [2.75, 3.05) is 31.4 Å². The number of rotatable bonds is 9. The monoisotopic (exact) mass is 421 g/mol. The van der Waals surface area contributed by atoms with Crippen molar-refractivity contribution in [3.05, 3.63) is 48.0 Å². The lowest BCUT2D eigenvalue weighted by molar-refractivity contribution is -0.119. The van der Waals surface area contributed by atoms with E-state index in [1.54, 1.807) is 18.2 Å². The van der Waals surface area contributed by atoms with Crippen molar-refractivity contribution in [3.8, 4) is 11.5 Å². The molecule has 8 nitrogen and oxygen atoms in total. The van der Waals surface area contributed by atoms with Crippen LogP contribution >= 0.6 is 0 Å². The minimum absolute atomic E-state index is 0.123. The molecule has 2 aromatic rings. The van der Waals surface area contributed by atoms with Crippen LogP contribution in [-0.4, -0.2) is 46.4 Å². The Balaban J connectivity index is 2.04. The smallest absolute Gasteiger partial charge is 0.339 e.